The van der Waals surface area contributed by atoms with Gasteiger partial charge in [-0.05, 0) is 41.8 Å². The summed E-state index contributed by atoms with van der Waals surface area (Å²) in [5, 5.41) is 5.63. The van der Waals surface area contributed by atoms with Crippen LogP contribution in [0.15, 0.2) is 53.3 Å². The van der Waals surface area contributed by atoms with Crippen molar-refractivity contribution in [2.45, 2.75) is 24.7 Å². The molecule has 3 heterocycles. The molecule has 10 nitrogen and oxygen atoms in total. The van der Waals surface area contributed by atoms with Crippen LogP contribution in [0.1, 0.15) is 12.0 Å². The summed E-state index contributed by atoms with van der Waals surface area (Å²) in [6, 6.07) is 8.24. The number of rotatable bonds is 8. The molecule has 15 heteroatoms. The highest BCUT2D eigenvalue weighted by atomic mass is 32.2. The van der Waals surface area contributed by atoms with Crippen molar-refractivity contribution in [3.8, 4) is 16.9 Å². The Morgan fingerprint density at radius 3 is 2.75 bits per heavy atom. The van der Waals surface area contributed by atoms with Gasteiger partial charge in [0.25, 0.3) is 5.91 Å². The molecule has 0 bridgehead atoms. The summed E-state index contributed by atoms with van der Waals surface area (Å²) in [6.45, 7) is 0.614. The zero-order chi connectivity index (χ0) is 28.4. The molecule has 2 fully saturated rings. The van der Waals surface area contributed by atoms with Crippen LogP contribution in [0, 0.1) is 5.82 Å². The van der Waals surface area contributed by atoms with E-state index in [1.165, 1.54) is 36.5 Å². The average molecular weight is 584 g/mol. The first-order valence-electron chi connectivity index (χ1n) is 12.1. The van der Waals surface area contributed by atoms with Crippen molar-refractivity contribution in [3.63, 3.8) is 0 Å². The predicted octanol–water partition coefficient (Wildman–Crippen LogP) is 4.77. The monoisotopic (exact) mass is 583 g/mol. The second kappa shape index (κ2) is 11.6. The van der Waals surface area contributed by atoms with Gasteiger partial charge in [0.2, 0.25) is 0 Å². The van der Waals surface area contributed by atoms with Gasteiger partial charge in [-0.15, -0.1) is 0 Å². The van der Waals surface area contributed by atoms with E-state index in [1.807, 2.05) is 5.01 Å². The van der Waals surface area contributed by atoms with Crippen LogP contribution in [0.4, 0.5) is 29.1 Å². The molecule has 2 aliphatic rings. The fourth-order valence-electron chi connectivity index (χ4n) is 4.76. The molecule has 2 aromatic carbocycles. The lowest BCUT2D eigenvalue weighted by Gasteiger charge is -2.47. The molecule has 40 heavy (non-hydrogen) atoms. The third-order valence-electron chi connectivity index (χ3n) is 6.66. The molecule has 0 saturated carbocycles. The number of hydrogen-bond acceptors (Lipinski definition) is 10. The van der Waals surface area contributed by atoms with Crippen LogP contribution in [0.5, 0.6) is 5.75 Å². The van der Waals surface area contributed by atoms with Gasteiger partial charge in [0.15, 0.2) is 11.6 Å². The van der Waals surface area contributed by atoms with Crippen LogP contribution in [-0.4, -0.2) is 66.5 Å². The van der Waals surface area contributed by atoms with Gasteiger partial charge in [-0.1, -0.05) is 17.3 Å². The minimum absolute atomic E-state index is 0.0313. The van der Waals surface area contributed by atoms with E-state index in [0.717, 1.165) is 30.4 Å². The van der Waals surface area contributed by atoms with Gasteiger partial charge in [0.05, 0.1) is 24.8 Å². The third-order valence-corrected chi connectivity index (χ3v) is 7.27. The lowest BCUT2D eigenvalue weighted by atomic mass is 9.96. The van der Waals surface area contributed by atoms with E-state index in [9.17, 15) is 18.0 Å². The number of methoxy groups -OCH3 is 1. The molecule has 0 aliphatic carbocycles. The number of aromatic nitrogens is 1. The van der Waals surface area contributed by atoms with E-state index < -0.39 is 35.6 Å². The summed E-state index contributed by atoms with van der Waals surface area (Å²) in [5.74, 6) is -0.798. The number of nitrogens with one attached hydrogen (secondary N) is 1. The molecule has 5 rings (SSSR count). The zero-order valence-corrected chi connectivity index (χ0v) is 22.2. The second-order valence-electron chi connectivity index (χ2n) is 9.08. The van der Waals surface area contributed by atoms with Gasteiger partial charge < -0.3 is 14.0 Å². The Bertz CT molecular complexity index is 1350. The number of benzene rings is 2. The molecular formula is C25H25F4N5O5S. The topological polar surface area (TPSA) is 92.5 Å². The SMILES string of the molecule is COc1cc(-c2cccc(C(F)(F)F)c2)cc(F)c1N1C(=O)COC2CN(N(C)SONc3ccon3)CCC21. The number of anilines is 2. The number of hydrazine groups is 1. The van der Waals surface area contributed by atoms with Crippen LogP contribution in [-0.2, 0) is 20.0 Å². The van der Waals surface area contributed by atoms with Crippen molar-refractivity contribution in [2.75, 3.05) is 44.2 Å². The van der Waals surface area contributed by atoms with Crippen LogP contribution < -0.4 is 15.1 Å². The minimum Gasteiger partial charge on any atom is -0.494 e. The summed E-state index contributed by atoms with van der Waals surface area (Å²) < 4.78 is 78.5. The summed E-state index contributed by atoms with van der Waals surface area (Å²) in [7, 11) is 3.11. The van der Waals surface area contributed by atoms with E-state index >= 15 is 4.39 Å². The van der Waals surface area contributed by atoms with Crippen molar-refractivity contribution in [1.82, 2.24) is 14.6 Å². The van der Waals surface area contributed by atoms with Gasteiger partial charge in [0.1, 0.15) is 36.5 Å². The summed E-state index contributed by atoms with van der Waals surface area (Å²) >= 11 is 1.01. The van der Waals surface area contributed by atoms with Crippen molar-refractivity contribution in [3.05, 3.63) is 60.1 Å². The Hall–Kier alpha value is -3.37. The molecule has 1 aromatic heterocycles. The number of alkyl halides is 3. The normalized spacial score (nSPS) is 20.1. The fraction of sp³-hybridized carbons (Fsp3) is 0.360. The van der Waals surface area contributed by atoms with Crippen molar-refractivity contribution in [1.29, 1.82) is 0 Å². The van der Waals surface area contributed by atoms with Gasteiger partial charge >= 0.3 is 6.18 Å². The predicted molar refractivity (Wildman–Crippen MR) is 137 cm³/mol. The van der Waals surface area contributed by atoms with Gasteiger partial charge in [-0.3, -0.25) is 9.69 Å². The number of piperidine rings is 1. The molecule has 3 aromatic rings. The second-order valence-corrected chi connectivity index (χ2v) is 9.92. The standard InChI is InChI=1S/C25H25F4N5O5S/c1-32(40-39-31-22-7-9-38-30-22)33-8-6-19-21(13-33)37-14-23(35)34(19)24-18(26)11-16(12-20(24)36-2)15-4-3-5-17(10-15)25(27,28)29/h3-5,7,9-12,19,21H,6,8,13-14H2,1-2H3,(H,30,31). The van der Waals surface area contributed by atoms with Crippen LogP contribution >= 0.6 is 12.2 Å². The van der Waals surface area contributed by atoms with Crippen molar-refractivity contribution < 1.29 is 40.6 Å². The first kappa shape index (κ1) is 28.2. The quantitative estimate of drug-likeness (QED) is 0.173. The maximum Gasteiger partial charge on any atom is 0.416 e. The lowest BCUT2D eigenvalue weighted by molar-refractivity contribution is -0.139. The number of hydrogen-bond donors (Lipinski definition) is 1. The highest BCUT2D eigenvalue weighted by Crippen LogP contribution is 2.41. The number of carbonyl (C=O) groups is 1. The Kier molecular flexibility index (Phi) is 8.19. The number of ether oxygens (including phenoxy) is 2. The molecule has 0 radical (unpaired) electrons. The van der Waals surface area contributed by atoms with Crippen molar-refractivity contribution in [2.24, 2.45) is 0 Å². The average Bonchev–Trinajstić information content (AvgIpc) is 3.46. The van der Waals surface area contributed by atoms with Gasteiger partial charge in [0, 0.05) is 26.2 Å². The molecule has 2 atom stereocenters. The first-order chi connectivity index (χ1) is 19.2. The van der Waals surface area contributed by atoms with E-state index in [2.05, 4.69) is 10.6 Å². The molecule has 2 saturated heterocycles. The smallest absolute Gasteiger partial charge is 0.416 e. The Labute approximate surface area is 231 Å². The van der Waals surface area contributed by atoms with Crippen LogP contribution in [0.3, 0.4) is 0 Å². The van der Waals surface area contributed by atoms with E-state index in [4.69, 9.17) is 18.3 Å². The van der Waals surface area contributed by atoms with Gasteiger partial charge in [-0.2, -0.15) is 21.9 Å². The number of halogens is 4. The van der Waals surface area contributed by atoms with Crippen molar-refractivity contribution >= 4 is 29.6 Å². The van der Waals surface area contributed by atoms with Crippen LogP contribution in [0.2, 0.25) is 0 Å². The molecule has 2 aliphatic heterocycles. The maximum absolute atomic E-state index is 15.7. The molecule has 0 spiro atoms. The Morgan fingerprint density at radius 1 is 1.20 bits per heavy atom. The molecule has 2 unspecified atom stereocenters. The van der Waals surface area contributed by atoms with Crippen LogP contribution in [0.25, 0.3) is 11.1 Å². The first-order valence-corrected chi connectivity index (χ1v) is 12.8. The van der Waals surface area contributed by atoms with E-state index in [-0.39, 0.29) is 29.2 Å². The maximum atomic E-state index is 15.7. The molecule has 214 valence electrons. The lowest BCUT2D eigenvalue weighted by Crippen LogP contribution is -2.63. The highest BCUT2D eigenvalue weighted by Gasteiger charge is 2.44. The number of morpholine rings is 1. The minimum atomic E-state index is -4.55. The molecule has 1 N–H and O–H groups in total. The van der Waals surface area contributed by atoms with E-state index in [1.54, 1.807) is 17.5 Å². The zero-order valence-electron chi connectivity index (χ0n) is 21.4. The summed E-state index contributed by atoms with van der Waals surface area (Å²) in [5.41, 5.74) is 2.06. The molecule has 1 amide bonds. The van der Waals surface area contributed by atoms with Gasteiger partial charge in [-0.25, -0.2) is 14.9 Å². The number of amides is 1. The Balaban J connectivity index is 1.34. The van der Waals surface area contributed by atoms with E-state index in [0.29, 0.717) is 25.3 Å². The largest absolute Gasteiger partial charge is 0.494 e. The summed E-state index contributed by atoms with van der Waals surface area (Å²) in [6.07, 6.45) is -3.16. The number of fused-ring (bicyclic) bond motifs is 1. The summed E-state index contributed by atoms with van der Waals surface area (Å²) in [4.78, 5) is 14.4. The molecular weight excluding hydrogens is 558 g/mol. The number of nitrogens with zero attached hydrogens (tertiary/aromatic N) is 4. The number of carbonyl (C=O) groups excluding carboxylic acids is 1. The highest BCUT2D eigenvalue weighted by molar-refractivity contribution is 7.92. The Morgan fingerprint density at radius 2 is 2.02 bits per heavy atom. The third kappa shape index (κ3) is 5.88. The fourth-order valence-corrected chi connectivity index (χ4v) is 5.23.